The number of hydrogen-bond donors (Lipinski definition) is 1. The third-order valence-corrected chi connectivity index (χ3v) is 1.58. The third-order valence-electron chi connectivity index (χ3n) is 1.58. The summed E-state index contributed by atoms with van der Waals surface area (Å²) in [5.74, 6) is -0.944. The Kier molecular flexibility index (Phi) is 2.43. The highest BCUT2D eigenvalue weighted by Gasteiger charge is 2.15. The predicted molar refractivity (Wildman–Crippen MR) is 44.2 cm³/mol. The Balaban J connectivity index is 2.95. The van der Waals surface area contributed by atoms with Gasteiger partial charge in [0.1, 0.15) is 0 Å². The summed E-state index contributed by atoms with van der Waals surface area (Å²) in [6.45, 7) is 1.83. The van der Waals surface area contributed by atoms with Crippen LogP contribution in [-0.2, 0) is 4.79 Å². The lowest BCUT2D eigenvalue weighted by atomic mass is 10.1. The van der Waals surface area contributed by atoms with Gasteiger partial charge >= 0.3 is 0 Å². The van der Waals surface area contributed by atoms with E-state index < -0.39 is 12.1 Å². The highest BCUT2D eigenvalue weighted by Crippen LogP contribution is 2.17. The minimum Gasteiger partial charge on any atom is -0.367 e. The smallest absolute Gasteiger partial charge is 0.256 e. The highest BCUT2D eigenvalue weighted by molar-refractivity contribution is 5.80. The molecular formula is C9H10FNO. The van der Waals surface area contributed by atoms with Crippen LogP contribution in [0.5, 0.6) is 0 Å². The van der Waals surface area contributed by atoms with Crippen molar-refractivity contribution in [1.82, 2.24) is 0 Å². The molecule has 2 N–H and O–H groups in total. The van der Waals surface area contributed by atoms with Crippen molar-refractivity contribution in [2.45, 2.75) is 13.1 Å². The molecule has 12 heavy (non-hydrogen) atoms. The first-order valence-corrected chi connectivity index (χ1v) is 3.61. The van der Waals surface area contributed by atoms with E-state index in [0.717, 1.165) is 5.56 Å². The maximum atomic E-state index is 13.0. The van der Waals surface area contributed by atoms with E-state index in [9.17, 15) is 9.18 Å². The minimum atomic E-state index is -1.69. The minimum absolute atomic E-state index is 0.322. The zero-order valence-electron chi connectivity index (χ0n) is 6.75. The van der Waals surface area contributed by atoms with Gasteiger partial charge in [-0.2, -0.15) is 0 Å². The van der Waals surface area contributed by atoms with Crippen LogP contribution in [-0.4, -0.2) is 5.91 Å². The van der Waals surface area contributed by atoms with Crippen LogP contribution in [0.2, 0.25) is 0 Å². The Morgan fingerprint density at radius 1 is 1.58 bits per heavy atom. The van der Waals surface area contributed by atoms with Crippen molar-refractivity contribution in [3.8, 4) is 0 Å². The predicted octanol–water partition coefficient (Wildman–Crippen LogP) is 1.49. The zero-order chi connectivity index (χ0) is 9.14. The molecule has 0 aliphatic rings. The molecule has 0 aliphatic carbocycles. The first kappa shape index (κ1) is 8.71. The van der Waals surface area contributed by atoms with Crippen molar-refractivity contribution in [2.75, 3.05) is 0 Å². The fourth-order valence-corrected chi connectivity index (χ4v) is 0.992. The fraction of sp³-hybridized carbons (Fsp3) is 0.222. The second kappa shape index (κ2) is 3.34. The average Bonchev–Trinajstić information content (AvgIpc) is 2.03. The van der Waals surface area contributed by atoms with E-state index in [2.05, 4.69) is 0 Å². The van der Waals surface area contributed by atoms with Crippen molar-refractivity contribution < 1.29 is 9.18 Å². The highest BCUT2D eigenvalue weighted by atomic mass is 19.1. The van der Waals surface area contributed by atoms with Gasteiger partial charge in [-0.05, 0) is 12.5 Å². The topological polar surface area (TPSA) is 43.1 Å². The average molecular weight is 167 g/mol. The molecule has 1 atom stereocenters. The molecular weight excluding hydrogens is 157 g/mol. The van der Waals surface area contributed by atoms with E-state index in [1.165, 1.54) is 0 Å². The summed E-state index contributed by atoms with van der Waals surface area (Å²) in [4.78, 5) is 10.5. The van der Waals surface area contributed by atoms with Crippen LogP contribution in [0.15, 0.2) is 24.3 Å². The Labute approximate surface area is 70.2 Å². The molecule has 0 aromatic heterocycles. The summed E-state index contributed by atoms with van der Waals surface area (Å²) in [5, 5.41) is 0. The lowest BCUT2D eigenvalue weighted by molar-refractivity contribution is -0.122. The molecule has 2 nitrogen and oxygen atoms in total. The van der Waals surface area contributed by atoms with Gasteiger partial charge < -0.3 is 5.73 Å². The van der Waals surface area contributed by atoms with E-state index in [0.29, 0.717) is 5.56 Å². The SMILES string of the molecule is Cc1cccc(C(F)C(N)=O)c1. The molecule has 0 radical (unpaired) electrons. The second-order valence-electron chi connectivity index (χ2n) is 2.68. The monoisotopic (exact) mass is 167 g/mol. The van der Waals surface area contributed by atoms with E-state index in [-0.39, 0.29) is 0 Å². The molecule has 0 aliphatic heterocycles. The van der Waals surface area contributed by atoms with Crippen LogP contribution in [0.25, 0.3) is 0 Å². The van der Waals surface area contributed by atoms with Crippen molar-refractivity contribution in [2.24, 2.45) is 5.73 Å². The van der Waals surface area contributed by atoms with E-state index in [4.69, 9.17) is 5.73 Å². The molecule has 1 aromatic carbocycles. The zero-order valence-corrected chi connectivity index (χ0v) is 6.75. The standard InChI is InChI=1S/C9H10FNO/c1-6-3-2-4-7(5-6)8(10)9(11)12/h2-5,8H,1H3,(H2,11,12). The summed E-state index contributed by atoms with van der Waals surface area (Å²) in [6, 6.07) is 6.68. The molecule has 0 saturated heterocycles. The second-order valence-corrected chi connectivity index (χ2v) is 2.68. The Bertz CT molecular complexity index is 298. The summed E-state index contributed by atoms with van der Waals surface area (Å²) in [5.41, 5.74) is 6.04. The number of amides is 1. The summed E-state index contributed by atoms with van der Waals surface area (Å²) < 4.78 is 13.0. The van der Waals surface area contributed by atoms with Crippen LogP contribution in [0.4, 0.5) is 4.39 Å². The van der Waals surface area contributed by atoms with Gasteiger partial charge in [-0.1, -0.05) is 29.8 Å². The quantitative estimate of drug-likeness (QED) is 0.712. The van der Waals surface area contributed by atoms with Crippen LogP contribution >= 0.6 is 0 Å². The van der Waals surface area contributed by atoms with Gasteiger partial charge in [0.05, 0.1) is 0 Å². The lowest BCUT2D eigenvalue weighted by Crippen LogP contribution is -2.17. The lowest BCUT2D eigenvalue weighted by Gasteiger charge is -2.03. The number of carbonyl (C=O) groups excluding carboxylic acids is 1. The Morgan fingerprint density at radius 2 is 2.25 bits per heavy atom. The number of rotatable bonds is 2. The van der Waals surface area contributed by atoms with Crippen molar-refractivity contribution in [1.29, 1.82) is 0 Å². The van der Waals surface area contributed by atoms with Gasteiger partial charge in [-0.25, -0.2) is 4.39 Å². The number of nitrogens with two attached hydrogens (primary N) is 1. The molecule has 64 valence electrons. The third kappa shape index (κ3) is 1.81. The Hall–Kier alpha value is -1.38. The van der Waals surface area contributed by atoms with E-state index in [1.54, 1.807) is 18.2 Å². The molecule has 0 spiro atoms. The molecule has 0 heterocycles. The molecule has 0 saturated carbocycles. The van der Waals surface area contributed by atoms with Gasteiger partial charge in [-0.3, -0.25) is 4.79 Å². The summed E-state index contributed by atoms with van der Waals surface area (Å²) in [7, 11) is 0. The van der Waals surface area contributed by atoms with Gasteiger partial charge in [0.15, 0.2) is 0 Å². The first-order chi connectivity index (χ1) is 5.61. The Morgan fingerprint density at radius 3 is 2.75 bits per heavy atom. The fourth-order valence-electron chi connectivity index (χ4n) is 0.992. The van der Waals surface area contributed by atoms with Gasteiger partial charge in [-0.15, -0.1) is 0 Å². The van der Waals surface area contributed by atoms with E-state index in [1.807, 2.05) is 13.0 Å². The van der Waals surface area contributed by atoms with Gasteiger partial charge in [0, 0.05) is 0 Å². The number of halogens is 1. The summed E-state index contributed by atoms with van der Waals surface area (Å²) in [6.07, 6.45) is -1.69. The van der Waals surface area contributed by atoms with Crippen molar-refractivity contribution >= 4 is 5.91 Å². The normalized spacial score (nSPS) is 12.5. The molecule has 1 rings (SSSR count). The molecule has 1 unspecified atom stereocenters. The van der Waals surface area contributed by atoms with Gasteiger partial charge in [0.25, 0.3) is 5.91 Å². The van der Waals surface area contributed by atoms with Crippen LogP contribution in [0, 0.1) is 6.92 Å². The number of hydrogen-bond acceptors (Lipinski definition) is 1. The van der Waals surface area contributed by atoms with Gasteiger partial charge in [0.2, 0.25) is 6.17 Å². The molecule has 0 fully saturated rings. The first-order valence-electron chi connectivity index (χ1n) is 3.61. The molecule has 1 aromatic rings. The largest absolute Gasteiger partial charge is 0.367 e. The number of alkyl halides is 1. The summed E-state index contributed by atoms with van der Waals surface area (Å²) >= 11 is 0. The molecule has 0 bridgehead atoms. The van der Waals surface area contributed by atoms with Crippen molar-refractivity contribution in [3.05, 3.63) is 35.4 Å². The molecule has 1 amide bonds. The van der Waals surface area contributed by atoms with Crippen LogP contribution in [0.3, 0.4) is 0 Å². The van der Waals surface area contributed by atoms with Crippen molar-refractivity contribution in [3.63, 3.8) is 0 Å². The molecule has 3 heteroatoms. The number of benzene rings is 1. The van der Waals surface area contributed by atoms with E-state index >= 15 is 0 Å². The van der Waals surface area contributed by atoms with Crippen LogP contribution < -0.4 is 5.73 Å². The number of aryl methyl sites for hydroxylation is 1. The maximum absolute atomic E-state index is 13.0. The number of primary amides is 1. The number of carbonyl (C=O) groups is 1. The maximum Gasteiger partial charge on any atom is 0.256 e. The van der Waals surface area contributed by atoms with Crippen LogP contribution in [0.1, 0.15) is 17.3 Å².